The van der Waals surface area contributed by atoms with Gasteiger partial charge in [0.2, 0.25) is 0 Å². The molecule has 0 aliphatic carbocycles. The molecule has 0 atom stereocenters. The number of hydrogen-bond acceptors (Lipinski definition) is 1. The molecule has 0 saturated heterocycles. The Morgan fingerprint density at radius 1 is 0.844 bits per heavy atom. The van der Waals surface area contributed by atoms with E-state index in [0.717, 1.165) is 30.3 Å². The monoisotopic (exact) mass is 460 g/mol. The lowest BCUT2D eigenvalue weighted by atomic mass is 10.0. The molecule has 9 heteroatoms. The third-order valence-corrected chi connectivity index (χ3v) is 4.73. The molecule has 0 aromatic heterocycles. The number of aryl methyl sites for hydroxylation is 1. The van der Waals surface area contributed by atoms with Gasteiger partial charge in [-0.25, -0.2) is 26.3 Å². The minimum atomic E-state index is -4.32. The van der Waals surface area contributed by atoms with Crippen LogP contribution in [-0.4, -0.2) is 0 Å². The van der Waals surface area contributed by atoms with Gasteiger partial charge in [0.15, 0.2) is 11.6 Å². The summed E-state index contributed by atoms with van der Waals surface area (Å²) in [5.74, 6) is -6.27. The van der Waals surface area contributed by atoms with Crippen molar-refractivity contribution in [3.05, 3.63) is 88.5 Å². The van der Waals surface area contributed by atoms with Crippen molar-refractivity contribution in [2.75, 3.05) is 0 Å². The maximum Gasteiger partial charge on any atom is 0.429 e. The van der Waals surface area contributed by atoms with Crippen molar-refractivity contribution in [2.24, 2.45) is 0 Å². The van der Waals surface area contributed by atoms with Gasteiger partial charge < -0.3 is 4.74 Å². The van der Waals surface area contributed by atoms with Crippen LogP contribution in [0.5, 0.6) is 5.75 Å². The molecular weight excluding hydrogens is 444 g/mol. The third-order valence-electron chi connectivity index (χ3n) is 4.73. The fourth-order valence-electron chi connectivity index (χ4n) is 3.14. The van der Waals surface area contributed by atoms with Gasteiger partial charge in [0.1, 0.15) is 22.9 Å². The molecule has 0 spiro atoms. The SMILES string of the molecule is CCCc1ccc(C(F)(F)Oc2ccc(-c3ccc(C(F)F)c(F)c3)c(F)c2)c(F)c1F. The average molecular weight is 460 g/mol. The van der Waals surface area contributed by atoms with E-state index in [1.165, 1.54) is 0 Å². The second kappa shape index (κ2) is 9.18. The van der Waals surface area contributed by atoms with Crippen molar-refractivity contribution < 1.29 is 39.9 Å². The summed E-state index contributed by atoms with van der Waals surface area (Å²) in [7, 11) is 0. The van der Waals surface area contributed by atoms with Crippen LogP contribution in [0.2, 0.25) is 0 Å². The Hall–Kier alpha value is -3.10. The molecule has 0 amide bonds. The lowest BCUT2D eigenvalue weighted by molar-refractivity contribution is -0.187. The molecule has 1 nitrogen and oxygen atoms in total. The van der Waals surface area contributed by atoms with Crippen molar-refractivity contribution in [2.45, 2.75) is 32.3 Å². The molecule has 0 saturated carbocycles. The van der Waals surface area contributed by atoms with Crippen LogP contribution in [0.3, 0.4) is 0 Å². The van der Waals surface area contributed by atoms with Gasteiger partial charge in [0, 0.05) is 11.6 Å². The average Bonchev–Trinajstić information content (AvgIpc) is 2.71. The predicted octanol–water partition coefficient (Wildman–Crippen LogP) is 7.93. The Bertz CT molecular complexity index is 1130. The number of halogens is 8. The first kappa shape index (κ1) is 23.6. The van der Waals surface area contributed by atoms with Crippen LogP contribution in [0.25, 0.3) is 11.1 Å². The molecular formula is C23H16F8O. The van der Waals surface area contributed by atoms with Crippen LogP contribution in [0, 0.1) is 23.3 Å². The summed E-state index contributed by atoms with van der Waals surface area (Å²) in [6.07, 6.45) is -6.76. The number of alkyl halides is 4. The summed E-state index contributed by atoms with van der Waals surface area (Å²) >= 11 is 0. The summed E-state index contributed by atoms with van der Waals surface area (Å²) in [5.41, 5.74) is -2.66. The van der Waals surface area contributed by atoms with E-state index in [4.69, 9.17) is 0 Å². The topological polar surface area (TPSA) is 9.23 Å². The zero-order valence-electron chi connectivity index (χ0n) is 16.5. The zero-order valence-corrected chi connectivity index (χ0v) is 16.5. The smallest absolute Gasteiger partial charge is 0.429 e. The quantitative estimate of drug-likeness (QED) is 0.326. The minimum Gasteiger partial charge on any atom is -0.429 e. The lowest BCUT2D eigenvalue weighted by Crippen LogP contribution is -2.24. The molecule has 170 valence electrons. The number of ether oxygens (including phenoxy) is 1. The van der Waals surface area contributed by atoms with Gasteiger partial charge in [0.25, 0.3) is 6.43 Å². The molecule has 0 heterocycles. The summed E-state index contributed by atoms with van der Waals surface area (Å²) in [4.78, 5) is 0. The molecule has 32 heavy (non-hydrogen) atoms. The van der Waals surface area contributed by atoms with Gasteiger partial charge in [0.05, 0.1) is 5.56 Å². The van der Waals surface area contributed by atoms with Crippen LogP contribution in [0.4, 0.5) is 35.1 Å². The maximum absolute atomic E-state index is 14.5. The number of rotatable bonds is 7. The summed E-state index contributed by atoms with van der Waals surface area (Å²) in [6.45, 7) is 1.71. The molecule has 0 fully saturated rings. The lowest BCUT2D eigenvalue weighted by Gasteiger charge is -2.20. The van der Waals surface area contributed by atoms with Crippen molar-refractivity contribution >= 4 is 0 Å². The van der Waals surface area contributed by atoms with Gasteiger partial charge in [-0.05, 0) is 47.9 Å². The highest BCUT2D eigenvalue weighted by molar-refractivity contribution is 5.65. The second-order valence-corrected chi connectivity index (χ2v) is 6.95. The van der Waals surface area contributed by atoms with Crippen molar-refractivity contribution in [3.8, 4) is 16.9 Å². The van der Waals surface area contributed by atoms with E-state index in [-0.39, 0.29) is 23.1 Å². The van der Waals surface area contributed by atoms with E-state index in [0.29, 0.717) is 24.6 Å². The summed E-state index contributed by atoms with van der Waals surface area (Å²) in [6, 6.07) is 6.66. The Balaban J connectivity index is 1.88. The van der Waals surface area contributed by atoms with Crippen LogP contribution in [-0.2, 0) is 12.5 Å². The van der Waals surface area contributed by atoms with Crippen LogP contribution < -0.4 is 4.74 Å². The molecule has 0 aliphatic heterocycles. The second-order valence-electron chi connectivity index (χ2n) is 6.95. The molecule has 3 aromatic carbocycles. The highest BCUT2D eigenvalue weighted by Gasteiger charge is 2.39. The Kier molecular flexibility index (Phi) is 6.76. The molecule has 0 N–H and O–H groups in total. The fourth-order valence-corrected chi connectivity index (χ4v) is 3.14. The molecule has 0 aliphatic rings. The van der Waals surface area contributed by atoms with Crippen molar-refractivity contribution in [3.63, 3.8) is 0 Å². The van der Waals surface area contributed by atoms with E-state index in [9.17, 15) is 35.1 Å². The highest BCUT2D eigenvalue weighted by Crippen LogP contribution is 2.36. The third kappa shape index (κ3) is 4.71. The fraction of sp³-hybridized carbons (Fsp3) is 0.217. The van der Waals surface area contributed by atoms with Gasteiger partial charge in [-0.3, -0.25) is 0 Å². The van der Waals surface area contributed by atoms with Gasteiger partial charge >= 0.3 is 6.11 Å². The molecule has 0 unspecified atom stereocenters. The Morgan fingerprint density at radius 3 is 2.16 bits per heavy atom. The van der Waals surface area contributed by atoms with E-state index in [2.05, 4.69) is 4.74 Å². The first-order valence-electron chi connectivity index (χ1n) is 9.46. The minimum absolute atomic E-state index is 0.0648. The van der Waals surface area contributed by atoms with Crippen molar-refractivity contribution in [1.82, 2.24) is 0 Å². The van der Waals surface area contributed by atoms with E-state index in [1.54, 1.807) is 6.92 Å². The molecule has 3 aromatic rings. The van der Waals surface area contributed by atoms with Crippen LogP contribution in [0.1, 0.15) is 36.5 Å². The summed E-state index contributed by atoms with van der Waals surface area (Å²) < 4.78 is 115. The van der Waals surface area contributed by atoms with E-state index in [1.807, 2.05) is 0 Å². The Labute approximate surface area is 178 Å². The molecule has 0 radical (unpaired) electrons. The first-order chi connectivity index (χ1) is 15.0. The first-order valence-corrected chi connectivity index (χ1v) is 9.46. The maximum atomic E-state index is 14.5. The molecule has 0 bridgehead atoms. The van der Waals surface area contributed by atoms with Gasteiger partial charge in [-0.2, -0.15) is 8.78 Å². The van der Waals surface area contributed by atoms with E-state index < -0.39 is 52.7 Å². The predicted molar refractivity (Wildman–Crippen MR) is 102 cm³/mol. The van der Waals surface area contributed by atoms with Gasteiger partial charge in [-0.1, -0.05) is 25.5 Å². The standard InChI is InChI=1S/C23H16F8O/c1-2-3-12-5-9-17(21(27)20(12)26)23(30,31)32-14-6-8-15(19(25)11-14)13-4-7-16(22(28)29)18(24)10-13/h4-11,22H,2-3H2,1H3. The zero-order chi connectivity index (χ0) is 23.6. The van der Waals surface area contributed by atoms with Gasteiger partial charge in [-0.15, -0.1) is 0 Å². The van der Waals surface area contributed by atoms with Crippen LogP contribution >= 0.6 is 0 Å². The largest absolute Gasteiger partial charge is 0.429 e. The normalized spacial score (nSPS) is 11.8. The highest BCUT2D eigenvalue weighted by atomic mass is 19.3. The summed E-state index contributed by atoms with van der Waals surface area (Å²) in [5, 5.41) is 0. The van der Waals surface area contributed by atoms with E-state index >= 15 is 0 Å². The van der Waals surface area contributed by atoms with Crippen LogP contribution in [0.15, 0.2) is 48.5 Å². The number of benzene rings is 3. The van der Waals surface area contributed by atoms with Crippen molar-refractivity contribution in [1.29, 1.82) is 0 Å². The number of hydrogen-bond donors (Lipinski definition) is 0. The Morgan fingerprint density at radius 2 is 1.56 bits per heavy atom. The molecule has 3 rings (SSSR count).